The van der Waals surface area contributed by atoms with Crippen LogP contribution in [0.1, 0.15) is 12.8 Å². The monoisotopic (exact) mass is 338 g/mol. The predicted octanol–water partition coefficient (Wildman–Crippen LogP) is 3.13. The van der Waals surface area contributed by atoms with Crippen LogP contribution in [-0.4, -0.2) is 45.2 Å². The van der Waals surface area contributed by atoms with Crippen LogP contribution in [0.25, 0.3) is 0 Å². The zero-order valence-corrected chi connectivity index (χ0v) is 13.7. The third-order valence-electron chi connectivity index (χ3n) is 4.70. The molecule has 0 aromatic heterocycles. The maximum Gasteiger partial charge on any atom is 0.0604 e. The molecule has 2 aliphatic heterocycles. The number of halogens is 1. The number of ether oxygens (including phenoxy) is 1. The molecule has 4 heteroatoms. The van der Waals surface area contributed by atoms with E-state index in [2.05, 4.69) is 57.0 Å². The molecule has 3 nitrogen and oxygen atoms in total. The number of benzene rings is 1. The van der Waals surface area contributed by atoms with Crippen molar-refractivity contribution < 1.29 is 4.74 Å². The van der Waals surface area contributed by atoms with Gasteiger partial charge in [0.1, 0.15) is 0 Å². The van der Waals surface area contributed by atoms with Crippen molar-refractivity contribution in [2.24, 2.45) is 5.41 Å². The topological polar surface area (TPSA) is 15.7 Å². The zero-order chi connectivity index (χ0) is 14.0. The highest BCUT2D eigenvalue weighted by Crippen LogP contribution is 2.38. The summed E-state index contributed by atoms with van der Waals surface area (Å²) in [6, 6.07) is 8.77. The zero-order valence-electron chi connectivity index (χ0n) is 12.1. The summed E-state index contributed by atoms with van der Waals surface area (Å²) >= 11 is 3.75. The van der Waals surface area contributed by atoms with Crippen molar-refractivity contribution in [1.29, 1.82) is 0 Å². The van der Waals surface area contributed by atoms with E-state index in [0.29, 0.717) is 5.41 Å². The second-order valence-electron chi connectivity index (χ2n) is 6.08. The molecule has 1 fully saturated rings. The van der Waals surface area contributed by atoms with E-state index >= 15 is 0 Å². The maximum atomic E-state index is 5.55. The van der Waals surface area contributed by atoms with E-state index < -0.39 is 0 Å². The molecule has 1 aromatic rings. The Labute approximate surface area is 130 Å². The molecule has 3 rings (SSSR count). The van der Waals surface area contributed by atoms with Crippen LogP contribution in [0.5, 0.6) is 0 Å². The average Bonchev–Trinajstić information content (AvgIpc) is 2.51. The number of fused-ring (bicyclic) bond motifs is 1. The molecule has 1 saturated heterocycles. The average molecular weight is 339 g/mol. The van der Waals surface area contributed by atoms with Gasteiger partial charge in [-0.3, -0.25) is 0 Å². The molecular weight excluding hydrogens is 316 g/mol. The minimum atomic E-state index is 0.362. The SMILES string of the molecule is CN1CCN(CC2(CBr)CCOCC2)c2ccccc21. The first kappa shape index (κ1) is 14.2. The van der Waals surface area contributed by atoms with E-state index in [0.717, 1.165) is 51.0 Å². The van der Waals surface area contributed by atoms with Gasteiger partial charge in [0.05, 0.1) is 11.4 Å². The second-order valence-corrected chi connectivity index (χ2v) is 6.64. The van der Waals surface area contributed by atoms with Gasteiger partial charge in [-0.1, -0.05) is 28.1 Å². The van der Waals surface area contributed by atoms with Crippen molar-refractivity contribution >= 4 is 27.3 Å². The van der Waals surface area contributed by atoms with Gasteiger partial charge in [-0.15, -0.1) is 0 Å². The molecule has 0 aliphatic carbocycles. The minimum Gasteiger partial charge on any atom is -0.381 e. The van der Waals surface area contributed by atoms with E-state index in [1.165, 1.54) is 11.4 Å². The largest absolute Gasteiger partial charge is 0.381 e. The third-order valence-corrected chi connectivity index (χ3v) is 5.89. The number of rotatable bonds is 3. The summed E-state index contributed by atoms with van der Waals surface area (Å²) in [5.41, 5.74) is 3.10. The number of hydrogen-bond acceptors (Lipinski definition) is 3. The van der Waals surface area contributed by atoms with Crippen LogP contribution in [0, 0.1) is 5.41 Å². The van der Waals surface area contributed by atoms with Gasteiger partial charge in [0.15, 0.2) is 0 Å². The molecule has 0 bridgehead atoms. The highest BCUT2D eigenvalue weighted by molar-refractivity contribution is 9.09. The van der Waals surface area contributed by atoms with Gasteiger partial charge in [-0.05, 0) is 25.0 Å². The molecule has 1 aromatic carbocycles. The molecule has 0 N–H and O–H groups in total. The van der Waals surface area contributed by atoms with E-state index in [9.17, 15) is 0 Å². The van der Waals surface area contributed by atoms with E-state index in [4.69, 9.17) is 4.74 Å². The lowest BCUT2D eigenvalue weighted by Crippen LogP contribution is -2.47. The van der Waals surface area contributed by atoms with Crippen molar-refractivity contribution in [3.63, 3.8) is 0 Å². The molecule has 0 radical (unpaired) electrons. The summed E-state index contributed by atoms with van der Waals surface area (Å²) in [4.78, 5) is 4.93. The molecule has 0 saturated carbocycles. The van der Waals surface area contributed by atoms with Gasteiger partial charge in [0, 0.05) is 50.6 Å². The van der Waals surface area contributed by atoms with E-state index in [1.807, 2.05) is 0 Å². The normalized spacial score (nSPS) is 21.7. The molecule has 0 amide bonds. The Morgan fingerprint density at radius 3 is 2.55 bits per heavy atom. The molecule has 20 heavy (non-hydrogen) atoms. The highest BCUT2D eigenvalue weighted by Gasteiger charge is 2.35. The highest BCUT2D eigenvalue weighted by atomic mass is 79.9. The van der Waals surface area contributed by atoms with Crippen molar-refractivity contribution in [3.8, 4) is 0 Å². The van der Waals surface area contributed by atoms with Crippen LogP contribution in [0.15, 0.2) is 24.3 Å². The Morgan fingerprint density at radius 2 is 1.85 bits per heavy atom. The van der Waals surface area contributed by atoms with Gasteiger partial charge in [-0.25, -0.2) is 0 Å². The van der Waals surface area contributed by atoms with Crippen molar-refractivity contribution in [1.82, 2.24) is 0 Å². The lowest BCUT2D eigenvalue weighted by Gasteiger charge is -2.44. The molecular formula is C16H23BrN2O. The smallest absolute Gasteiger partial charge is 0.0604 e. The number of likely N-dealkylation sites (N-methyl/N-ethyl adjacent to an activating group) is 1. The Bertz CT molecular complexity index is 460. The summed E-state index contributed by atoms with van der Waals surface area (Å²) in [5, 5.41) is 1.07. The Morgan fingerprint density at radius 1 is 1.15 bits per heavy atom. The lowest BCUT2D eigenvalue weighted by molar-refractivity contribution is 0.0300. The third kappa shape index (κ3) is 2.68. The summed E-state index contributed by atoms with van der Waals surface area (Å²) in [7, 11) is 2.19. The van der Waals surface area contributed by atoms with Gasteiger partial charge in [0.25, 0.3) is 0 Å². The summed E-state index contributed by atoms with van der Waals surface area (Å²) in [6.07, 6.45) is 2.32. The summed E-state index contributed by atoms with van der Waals surface area (Å²) in [6.45, 7) is 5.16. The van der Waals surface area contributed by atoms with Gasteiger partial charge in [0.2, 0.25) is 0 Å². The second kappa shape index (κ2) is 5.94. The Hall–Kier alpha value is -0.740. The fraction of sp³-hybridized carbons (Fsp3) is 0.625. The number of anilines is 2. The van der Waals surface area contributed by atoms with Gasteiger partial charge in [-0.2, -0.15) is 0 Å². The fourth-order valence-electron chi connectivity index (χ4n) is 3.27. The number of para-hydroxylation sites is 2. The number of nitrogens with zero attached hydrogens (tertiary/aromatic N) is 2. The molecule has 0 unspecified atom stereocenters. The van der Waals surface area contributed by atoms with Crippen LogP contribution in [0.2, 0.25) is 0 Å². The van der Waals surface area contributed by atoms with Gasteiger partial charge < -0.3 is 14.5 Å². The number of alkyl halides is 1. The minimum absolute atomic E-state index is 0.362. The molecule has 2 heterocycles. The molecule has 2 aliphatic rings. The Kier molecular flexibility index (Phi) is 4.22. The van der Waals surface area contributed by atoms with Crippen LogP contribution in [0.4, 0.5) is 11.4 Å². The summed E-state index contributed by atoms with van der Waals surface area (Å²) < 4.78 is 5.55. The fourth-order valence-corrected chi connectivity index (χ4v) is 4.01. The summed E-state index contributed by atoms with van der Waals surface area (Å²) in [5.74, 6) is 0. The molecule has 0 spiro atoms. The van der Waals surface area contributed by atoms with Crippen LogP contribution in [0.3, 0.4) is 0 Å². The molecule has 0 atom stereocenters. The van der Waals surface area contributed by atoms with E-state index in [-0.39, 0.29) is 0 Å². The van der Waals surface area contributed by atoms with Crippen LogP contribution < -0.4 is 9.80 Å². The van der Waals surface area contributed by atoms with Crippen molar-refractivity contribution in [2.75, 3.05) is 55.0 Å². The lowest BCUT2D eigenvalue weighted by atomic mass is 9.81. The standard InChI is InChI=1S/C16H23BrN2O/c1-18-8-9-19(15-5-3-2-4-14(15)18)13-16(12-17)6-10-20-11-7-16/h2-5H,6-13H2,1H3. The van der Waals surface area contributed by atoms with E-state index in [1.54, 1.807) is 0 Å². The van der Waals surface area contributed by atoms with Crippen LogP contribution >= 0.6 is 15.9 Å². The van der Waals surface area contributed by atoms with Crippen molar-refractivity contribution in [2.45, 2.75) is 12.8 Å². The number of hydrogen-bond donors (Lipinski definition) is 0. The first-order valence-electron chi connectivity index (χ1n) is 7.43. The predicted molar refractivity (Wildman–Crippen MR) is 88.2 cm³/mol. The first-order valence-corrected chi connectivity index (χ1v) is 8.55. The van der Waals surface area contributed by atoms with Crippen molar-refractivity contribution in [3.05, 3.63) is 24.3 Å². The first-order chi connectivity index (χ1) is 9.74. The molecule has 110 valence electrons. The van der Waals surface area contributed by atoms with Gasteiger partial charge >= 0.3 is 0 Å². The maximum absolute atomic E-state index is 5.55. The Balaban J connectivity index is 1.82. The quantitative estimate of drug-likeness (QED) is 0.787. The van der Waals surface area contributed by atoms with Crippen LogP contribution in [-0.2, 0) is 4.74 Å².